The van der Waals surface area contributed by atoms with Gasteiger partial charge in [-0.05, 0) is 43.7 Å². The molecule has 2 N–H and O–H groups in total. The molecule has 1 aromatic carbocycles. The number of rotatable bonds is 7. The zero-order valence-corrected chi connectivity index (χ0v) is 16.0. The third kappa shape index (κ3) is 5.17. The Bertz CT molecular complexity index is 765. The van der Waals surface area contributed by atoms with Crippen molar-refractivity contribution in [1.29, 1.82) is 0 Å². The smallest absolute Gasteiger partial charge is 0.260 e. The second-order valence-corrected chi connectivity index (χ2v) is 6.88. The zero-order valence-electron chi connectivity index (χ0n) is 16.0. The number of likely N-dealkylation sites (tertiary alicyclic amines) is 1. The monoisotopic (exact) mass is 369 g/mol. The molecule has 1 atom stereocenters. The van der Waals surface area contributed by atoms with Gasteiger partial charge in [0.2, 0.25) is 0 Å². The molecule has 0 bridgehead atoms. The SMILES string of the molecule is CCc1ccc(OCC(=O)N2CC[C@@H](N(C)Cc3nccc(N)n3)C2)cc1. The Hall–Kier alpha value is -2.67. The van der Waals surface area contributed by atoms with Crippen molar-refractivity contribution in [2.24, 2.45) is 0 Å². The lowest BCUT2D eigenvalue weighted by molar-refractivity contribution is -0.132. The van der Waals surface area contributed by atoms with Crippen molar-refractivity contribution < 1.29 is 9.53 Å². The van der Waals surface area contributed by atoms with Crippen molar-refractivity contribution in [2.75, 3.05) is 32.5 Å². The van der Waals surface area contributed by atoms with Crippen molar-refractivity contribution in [3.8, 4) is 5.75 Å². The van der Waals surface area contributed by atoms with Crippen LogP contribution in [-0.4, -0.2) is 58.5 Å². The Morgan fingerprint density at radius 3 is 2.81 bits per heavy atom. The highest BCUT2D eigenvalue weighted by atomic mass is 16.5. The van der Waals surface area contributed by atoms with Crippen molar-refractivity contribution in [2.45, 2.75) is 32.4 Å². The first kappa shape index (κ1) is 19.1. The van der Waals surface area contributed by atoms with Crippen LogP contribution in [0, 0.1) is 0 Å². The van der Waals surface area contributed by atoms with Gasteiger partial charge in [-0.3, -0.25) is 9.69 Å². The lowest BCUT2D eigenvalue weighted by Gasteiger charge is -2.24. The molecular weight excluding hydrogens is 342 g/mol. The summed E-state index contributed by atoms with van der Waals surface area (Å²) < 4.78 is 5.65. The number of nitrogens with two attached hydrogens (primary N) is 1. The topological polar surface area (TPSA) is 84.6 Å². The first-order chi connectivity index (χ1) is 13.0. The van der Waals surface area contributed by atoms with Crippen LogP contribution in [0.25, 0.3) is 0 Å². The second-order valence-electron chi connectivity index (χ2n) is 6.88. The van der Waals surface area contributed by atoms with Gasteiger partial charge >= 0.3 is 0 Å². The van der Waals surface area contributed by atoms with Crippen LogP contribution in [0.4, 0.5) is 5.82 Å². The molecule has 144 valence electrons. The van der Waals surface area contributed by atoms with Gasteiger partial charge in [0, 0.05) is 25.3 Å². The summed E-state index contributed by atoms with van der Waals surface area (Å²) in [6.45, 7) is 4.22. The Kier molecular flexibility index (Phi) is 6.24. The number of ether oxygens (including phenoxy) is 1. The Morgan fingerprint density at radius 1 is 1.33 bits per heavy atom. The molecule has 3 rings (SSSR count). The van der Waals surface area contributed by atoms with E-state index >= 15 is 0 Å². The molecule has 0 aliphatic carbocycles. The number of aromatic nitrogens is 2. The minimum Gasteiger partial charge on any atom is -0.484 e. The summed E-state index contributed by atoms with van der Waals surface area (Å²) in [4.78, 5) is 25.0. The van der Waals surface area contributed by atoms with Crippen molar-refractivity contribution in [3.63, 3.8) is 0 Å². The van der Waals surface area contributed by atoms with Crippen molar-refractivity contribution >= 4 is 11.7 Å². The molecule has 1 fully saturated rings. The summed E-state index contributed by atoms with van der Waals surface area (Å²) in [7, 11) is 2.02. The fraction of sp³-hybridized carbons (Fsp3) is 0.450. The quantitative estimate of drug-likeness (QED) is 0.800. The van der Waals surface area contributed by atoms with Crippen LogP contribution in [0.5, 0.6) is 5.75 Å². The van der Waals surface area contributed by atoms with Crippen LogP contribution in [0.3, 0.4) is 0 Å². The largest absolute Gasteiger partial charge is 0.484 e. The number of anilines is 1. The number of nitrogens with zero attached hydrogens (tertiary/aromatic N) is 4. The van der Waals surface area contributed by atoms with Gasteiger partial charge in [0.25, 0.3) is 5.91 Å². The molecular formula is C20H27N5O2. The molecule has 2 heterocycles. The number of nitrogen functional groups attached to an aromatic ring is 1. The minimum atomic E-state index is 0.0191. The van der Waals surface area contributed by atoms with Crippen LogP contribution in [0.2, 0.25) is 0 Å². The lowest BCUT2D eigenvalue weighted by atomic mass is 10.2. The average molecular weight is 369 g/mol. The van der Waals surface area contributed by atoms with Crippen LogP contribution in [0.15, 0.2) is 36.5 Å². The summed E-state index contributed by atoms with van der Waals surface area (Å²) in [5.74, 6) is 1.92. The summed E-state index contributed by atoms with van der Waals surface area (Å²) in [6, 6.07) is 9.84. The highest BCUT2D eigenvalue weighted by Crippen LogP contribution is 2.17. The molecule has 0 radical (unpaired) electrons. The lowest BCUT2D eigenvalue weighted by Crippen LogP contribution is -2.38. The van der Waals surface area contributed by atoms with E-state index in [0.29, 0.717) is 24.7 Å². The van der Waals surface area contributed by atoms with Gasteiger partial charge in [-0.1, -0.05) is 19.1 Å². The Balaban J connectivity index is 1.47. The number of benzene rings is 1. The number of amides is 1. The molecule has 1 aliphatic rings. The van der Waals surface area contributed by atoms with E-state index in [9.17, 15) is 4.79 Å². The summed E-state index contributed by atoms with van der Waals surface area (Å²) in [5.41, 5.74) is 6.96. The number of hydrogen-bond donors (Lipinski definition) is 1. The van der Waals surface area contributed by atoms with Crippen LogP contribution < -0.4 is 10.5 Å². The van der Waals surface area contributed by atoms with Gasteiger partial charge in [-0.2, -0.15) is 0 Å². The van der Waals surface area contributed by atoms with Gasteiger partial charge in [0.15, 0.2) is 6.61 Å². The summed E-state index contributed by atoms with van der Waals surface area (Å²) in [6.07, 6.45) is 3.58. The van der Waals surface area contributed by atoms with E-state index in [4.69, 9.17) is 10.5 Å². The maximum Gasteiger partial charge on any atom is 0.260 e. The average Bonchev–Trinajstić information content (AvgIpc) is 3.17. The zero-order chi connectivity index (χ0) is 19.2. The first-order valence-electron chi connectivity index (χ1n) is 9.32. The maximum atomic E-state index is 12.5. The van der Waals surface area contributed by atoms with Gasteiger partial charge in [-0.25, -0.2) is 9.97 Å². The Morgan fingerprint density at radius 2 is 2.11 bits per heavy atom. The van der Waals surface area contributed by atoms with Crippen LogP contribution in [-0.2, 0) is 17.8 Å². The normalized spacial score (nSPS) is 16.7. The molecule has 0 unspecified atom stereocenters. The number of likely N-dealkylation sites (N-methyl/N-ethyl adjacent to an activating group) is 1. The maximum absolute atomic E-state index is 12.5. The molecule has 0 spiro atoms. The number of carbonyl (C=O) groups is 1. The molecule has 0 saturated carbocycles. The first-order valence-corrected chi connectivity index (χ1v) is 9.32. The van der Waals surface area contributed by atoms with Crippen molar-refractivity contribution in [3.05, 3.63) is 47.9 Å². The predicted molar refractivity (Wildman–Crippen MR) is 104 cm³/mol. The fourth-order valence-electron chi connectivity index (χ4n) is 3.23. The highest BCUT2D eigenvalue weighted by Gasteiger charge is 2.29. The summed E-state index contributed by atoms with van der Waals surface area (Å²) in [5, 5.41) is 0. The molecule has 7 nitrogen and oxygen atoms in total. The third-order valence-corrected chi connectivity index (χ3v) is 4.95. The second kappa shape index (κ2) is 8.81. The van der Waals surface area contributed by atoms with Gasteiger partial charge < -0.3 is 15.4 Å². The van der Waals surface area contributed by atoms with E-state index in [-0.39, 0.29) is 18.6 Å². The molecule has 7 heteroatoms. The van der Waals surface area contributed by atoms with Gasteiger partial charge in [-0.15, -0.1) is 0 Å². The molecule has 1 saturated heterocycles. The van der Waals surface area contributed by atoms with Gasteiger partial charge in [0.1, 0.15) is 17.4 Å². The van der Waals surface area contributed by atoms with Crippen molar-refractivity contribution in [1.82, 2.24) is 19.8 Å². The van der Waals surface area contributed by atoms with Crippen LogP contribution >= 0.6 is 0 Å². The van der Waals surface area contributed by atoms with E-state index in [1.807, 2.05) is 36.2 Å². The molecule has 1 amide bonds. The van der Waals surface area contributed by atoms with E-state index in [2.05, 4.69) is 21.8 Å². The molecule has 1 aromatic heterocycles. The van der Waals surface area contributed by atoms with Crippen LogP contribution in [0.1, 0.15) is 24.7 Å². The minimum absolute atomic E-state index is 0.0191. The van der Waals surface area contributed by atoms with E-state index in [0.717, 1.165) is 25.1 Å². The number of aryl methyl sites for hydroxylation is 1. The molecule has 27 heavy (non-hydrogen) atoms. The van der Waals surface area contributed by atoms with E-state index in [1.54, 1.807) is 12.3 Å². The van der Waals surface area contributed by atoms with E-state index in [1.165, 1.54) is 5.56 Å². The third-order valence-electron chi connectivity index (χ3n) is 4.95. The Labute approximate surface area is 160 Å². The number of carbonyl (C=O) groups excluding carboxylic acids is 1. The molecule has 1 aliphatic heterocycles. The van der Waals surface area contributed by atoms with Gasteiger partial charge in [0.05, 0.1) is 6.54 Å². The highest BCUT2D eigenvalue weighted by molar-refractivity contribution is 5.78. The fourth-order valence-corrected chi connectivity index (χ4v) is 3.23. The van der Waals surface area contributed by atoms with E-state index < -0.39 is 0 Å². The predicted octanol–water partition coefficient (Wildman–Crippen LogP) is 1.73. The standard InChI is InChI=1S/C20H27N5O2/c1-3-15-4-6-17(7-5-15)27-14-20(26)25-11-9-16(12-25)24(2)13-19-22-10-8-18(21)23-19/h4-8,10,16H,3,9,11-14H2,1-2H3,(H2,21,22,23)/t16-/m1/s1. The summed E-state index contributed by atoms with van der Waals surface area (Å²) >= 11 is 0. The number of hydrogen-bond acceptors (Lipinski definition) is 6. The molecule has 2 aromatic rings.